The summed E-state index contributed by atoms with van der Waals surface area (Å²) in [6.07, 6.45) is 2.17. The fourth-order valence-electron chi connectivity index (χ4n) is 2.67. The molecule has 0 aliphatic carbocycles. The van der Waals surface area contributed by atoms with Crippen LogP contribution >= 0.6 is 0 Å². The Kier molecular flexibility index (Phi) is 4.30. The number of likely N-dealkylation sites (N-methyl/N-ethyl adjacent to an activating group) is 1. The molecule has 104 valence electrons. The highest BCUT2D eigenvalue weighted by molar-refractivity contribution is 5.82. The van der Waals surface area contributed by atoms with E-state index in [1.54, 1.807) is 0 Å². The molecule has 0 spiro atoms. The van der Waals surface area contributed by atoms with Crippen LogP contribution < -0.4 is 10.6 Å². The summed E-state index contributed by atoms with van der Waals surface area (Å²) in [5, 5.41) is 0. The molecular formula is C15H23N3O. The Balaban J connectivity index is 2.15. The third-order valence-corrected chi connectivity index (χ3v) is 3.77. The van der Waals surface area contributed by atoms with Gasteiger partial charge in [0.1, 0.15) is 0 Å². The number of fused-ring (bicyclic) bond motifs is 1. The lowest BCUT2D eigenvalue weighted by atomic mass is 10.0. The summed E-state index contributed by atoms with van der Waals surface area (Å²) < 4.78 is 0. The Morgan fingerprint density at radius 2 is 2.11 bits per heavy atom. The van der Waals surface area contributed by atoms with E-state index in [0.717, 1.165) is 43.9 Å². The van der Waals surface area contributed by atoms with Gasteiger partial charge in [0.05, 0.1) is 6.54 Å². The molecule has 0 aromatic heterocycles. The van der Waals surface area contributed by atoms with Crippen molar-refractivity contribution in [3.63, 3.8) is 0 Å². The number of anilines is 2. The molecule has 1 aromatic carbocycles. The zero-order chi connectivity index (χ0) is 13.8. The van der Waals surface area contributed by atoms with Crippen LogP contribution in [0.3, 0.4) is 0 Å². The first-order chi connectivity index (χ1) is 9.15. The first-order valence-electron chi connectivity index (χ1n) is 7.06. The van der Waals surface area contributed by atoms with Crippen LogP contribution in [0.4, 0.5) is 11.4 Å². The summed E-state index contributed by atoms with van der Waals surface area (Å²) in [6.45, 7) is 6.97. The van der Waals surface area contributed by atoms with E-state index in [9.17, 15) is 4.79 Å². The molecule has 2 rings (SSSR count). The molecular weight excluding hydrogens is 238 g/mol. The van der Waals surface area contributed by atoms with Gasteiger partial charge >= 0.3 is 0 Å². The van der Waals surface area contributed by atoms with Crippen LogP contribution in [0.5, 0.6) is 0 Å². The second-order valence-corrected chi connectivity index (χ2v) is 4.98. The number of benzene rings is 1. The summed E-state index contributed by atoms with van der Waals surface area (Å²) in [7, 11) is 0. The highest BCUT2D eigenvalue weighted by Crippen LogP contribution is 2.28. The van der Waals surface area contributed by atoms with Gasteiger partial charge < -0.3 is 15.5 Å². The fraction of sp³-hybridized carbons (Fsp3) is 0.533. The zero-order valence-corrected chi connectivity index (χ0v) is 11.9. The van der Waals surface area contributed by atoms with E-state index < -0.39 is 0 Å². The first kappa shape index (κ1) is 13.7. The smallest absolute Gasteiger partial charge is 0.242 e. The van der Waals surface area contributed by atoms with Crippen LogP contribution in [0.25, 0.3) is 0 Å². The summed E-state index contributed by atoms with van der Waals surface area (Å²) >= 11 is 0. The standard InChI is InChI=1S/C15H23N3O/c1-3-17(4-2)15(19)11-18-9-5-6-12-7-8-13(16)10-14(12)18/h7-8,10H,3-6,9,11,16H2,1-2H3. The van der Waals surface area contributed by atoms with Crippen LogP contribution in [0.1, 0.15) is 25.8 Å². The molecule has 1 amide bonds. The molecule has 0 unspecified atom stereocenters. The molecule has 1 heterocycles. The molecule has 1 aliphatic rings. The molecule has 0 radical (unpaired) electrons. The Morgan fingerprint density at radius 1 is 1.37 bits per heavy atom. The molecule has 0 bridgehead atoms. The van der Waals surface area contributed by atoms with Crippen LogP contribution in [0.2, 0.25) is 0 Å². The second kappa shape index (κ2) is 5.95. The second-order valence-electron chi connectivity index (χ2n) is 4.98. The van der Waals surface area contributed by atoms with Gasteiger partial charge in [0.15, 0.2) is 0 Å². The minimum absolute atomic E-state index is 0.195. The number of carbonyl (C=O) groups is 1. The number of carbonyl (C=O) groups excluding carboxylic acids is 1. The fourth-order valence-corrected chi connectivity index (χ4v) is 2.67. The van der Waals surface area contributed by atoms with Crippen molar-refractivity contribution in [3.05, 3.63) is 23.8 Å². The van der Waals surface area contributed by atoms with Gasteiger partial charge in [-0.15, -0.1) is 0 Å². The summed E-state index contributed by atoms with van der Waals surface area (Å²) in [5.41, 5.74) is 9.06. The predicted octanol–water partition coefficient (Wildman–Crippen LogP) is 1.89. The normalized spacial score (nSPS) is 14.1. The van der Waals surface area contributed by atoms with E-state index >= 15 is 0 Å². The topological polar surface area (TPSA) is 49.6 Å². The number of hydrogen-bond acceptors (Lipinski definition) is 3. The number of nitrogens with zero attached hydrogens (tertiary/aromatic N) is 2. The molecule has 0 saturated heterocycles. The molecule has 1 aromatic rings. The molecule has 4 nitrogen and oxygen atoms in total. The highest BCUT2D eigenvalue weighted by Gasteiger charge is 2.21. The van der Waals surface area contributed by atoms with E-state index in [1.165, 1.54) is 5.56 Å². The van der Waals surface area contributed by atoms with E-state index in [0.29, 0.717) is 6.54 Å². The lowest BCUT2D eigenvalue weighted by molar-refractivity contribution is -0.129. The average Bonchev–Trinajstić information content (AvgIpc) is 2.41. The minimum Gasteiger partial charge on any atom is -0.399 e. The number of nitrogen functional groups attached to an aromatic ring is 1. The number of nitrogens with two attached hydrogens (primary N) is 1. The van der Waals surface area contributed by atoms with Gasteiger partial charge in [-0.3, -0.25) is 4.79 Å². The van der Waals surface area contributed by atoms with Crippen molar-refractivity contribution in [2.45, 2.75) is 26.7 Å². The van der Waals surface area contributed by atoms with Crippen molar-refractivity contribution in [2.75, 3.05) is 36.8 Å². The number of aryl methyl sites for hydroxylation is 1. The average molecular weight is 261 g/mol. The largest absolute Gasteiger partial charge is 0.399 e. The lowest BCUT2D eigenvalue weighted by Gasteiger charge is -2.32. The molecule has 0 atom stereocenters. The maximum Gasteiger partial charge on any atom is 0.242 e. The zero-order valence-electron chi connectivity index (χ0n) is 11.9. The van der Waals surface area contributed by atoms with Gasteiger partial charge in [-0.1, -0.05) is 6.07 Å². The molecule has 19 heavy (non-hydrogen) atoms. The predicted molar refractivity (Wildman–Crippen MR) is 79.3 cm³/mol. The molecule has 1 aliphatic heterocycles. The monoisotopic (exact) mass is 261 g/mol. The van der Waals surface area contributed by atoms with E-state index in [1.807, 2.05) is 30.9 Å². The summed E-state index contributed by atoms with van der Waals surface area (Å²) in [6, 6.07) is 6.01. The Labute approximate surface area is 115 Å². The van der Waals surface area contributed by atoms with Crippen LogP contribution in [0.15, 0.2) is 18.2 Å². The van der Waals surface area contributed by atoms with Crippen molar-refractivity contribution >= 4 is 17.3 Å². The van der Waals surface area contributed by atoms with Gasteiger partial charge in [-0.2, -0.15) is 0 Å². The van der Waals surface area contributed by atoms with Crippen LogP contribution in [0, 0.1) is 0 Å². The summed E-state index contributed by atoms with van der Waals surface area (Å²) in [5.74, 6) is 0.195. The maximum absolute atomic E-state index is 12.2. The molecule has 4 heteroatoms. The Bertz CT molecular complexity index is 455. The molecule has 0 fully saturated rings. The van der Waals surface area contributed by atoms with Crippen molar-refractivity contribution in [2.24, 2.45) is 0 Å². The van der Waals surface area contributed by atoms with Crippen molar-refractivity contribution in [3.8, 4) is 0 Å². The number of rotatable bonds is 4. The molecule has 0 saturated carbocycles. The van der Waals surface area contributed by atoms with Gasteiger partial charge in [-0.25, -0.2) is 0 Å². The van der Waals surface area contributed by atoms with E-state index in [2.05, 4.69) is 11.0 Å². The first-order valence-corrected chi connectivity index (χ1v) is 7.06. The minimum atomic E-state index is 0.195. The highest BCUT2D eigenvalue weighted by atomic mass is 16.2. The SMILES string of the molecule is CCN(CC)C(=O)CN1CCCc2ccc(N)cc21. The van der Waals surface area contributed by atoms with Crippen molar-refractivity contribution < 1.29 is 4.79 Å². The van der Waals surface area contributed by atoms with E-state index in [4.69, 9.17) is 5.73 Å². The number of amides is 1. The summed E-state index contributed by atoms with van der Waals surface area (Å²) in [4.78, 5) is 16.3. The third-order valence-electron chi connectivity index (χ3n) is 3.77. The maximum atomic E-state index is 12.2. The Morgan fingerprint density at radius 3 is 2.79 bits per heavy atom. The van der Waals surface area contributed by atoms with Crippen molar-refractivity contribution in [1.29, 1.82) is 0 Å². The van der Waals surface area contributed by atoms with Crippen LogP contribution in [-0.2, 0) is 11.2 Å². The van der Waals surface area contributed by atoms with Gasteiger partial charge in [0.25, 0.3) is 0 Å². The third kappa shape index (κ3) is 3.00. The van der Waals surface area contributed by atoms with Gasteiger partial charge in [-0.05, 0) is 44.4 Å². The van der Waals surface area contributed by atoms with Gasteiger partial charge in [0.2, 0.25) is 5.91 Å². The Hall–Kier alpha value is -1.71. The lowest BCUT2D eigenvalue weighted by Crippen LogP contribution is -2.42. The molecule has 2 N–H and O–H groups in total. The quantitative estimate of drug-likeness (QED) is 0.842. The number of hydrogen-bond donors (Lipinski definition) is 1. The van der Waals surface area contributed by atoms with E-state index in [-0.39, 0.29) is 5.91 Å². The van der Waals surface area contributed by atoms with Gasteiger partial charge in [0, 0.05) is 31.0 Å². The van der Waals surface area contributed by atoms with Crippen molar-refractivity contribution in [1.82, 2.24) is 4.90 Å². The van der Waals surface area contributed by atoms with Crippen LogP contribution in [-0.4, -0.2) is 37.0 Å².